The van der Waals surface area contributed by atoms with Crippen LogP contribution in [0.25, 0.3) is 0 Å². The number of aromatic nitrogens is 2. The van der Waals surface area contributed by atoms with Crippen LogP contribution < -0.4 is 0 Å². The zero-order valence-corrected chi connectivity index (χ0v) is 14.5. The van der Waals surface area contributed by atoms with Crippen LogP contribution in [0.3, 0.4) is 0 Å². The van der Waals surface area contributed by atoms with Crippen molar-refractivity contribution < 1.29 is 9.53 Å². The third-order valence-electron chi connectivity index (χ3n) is 3.63. The van der Waals surface area contributed by atoms with Gasteiger partial charge in [-0.05, 0) is 56.2 Å². The molecular weight excluding hydrogens is 304 g/mol. The molecule has 6 nitrogen and oxygen atoms in total. The fraction of sp³-hybridized carbons (Fsp3) is 0.333. The average molecular weight is 326 g/mol. The van der Waals surface area contributed by atoms with E-state index in [0.717, 1.165) is 23.4 Å². The highest BCUT2D eigenvalue weighted by Gasteiger charge is 2.13. The Bertz CT molecular complexity index is 729. The Morgan fingerprint density at radius 2 is 2.12 bits per heavy atom. The minimum Gasteiger partial charge on any atom is -0.455 e. The molecule has 0 atom stereocenters. The molecule has 2 aromatic rings. The number of ether oxygens (including phenoxy) is 1. The zero-order valence-electron chi connectivity index (χ0n) is 14.5. The zero-order chi connectivity index (χ0) is 17.5. The highest BCUT2D eigenvalue weighted by molar-refractivity contribution is 5.92. The number of carbonyl (C=O) groups excluding carboxylic acids is 1. The molecule has 0 fully saturated rings. The lowest BCUT2D eigenvalue weighted by atomic mass is 10.0. The minimum atomic E-state index is -0.373. The molecule has 1 aromatic carbocycles. The Balaban J connectivity index is 2.11. The largest absolute Gasteiger partial charge is 0.455 e. The number of carbonyl (C=O) groups is 1. The molecule has 0 saturated carbocycles. The summed E-state index contributed by atoms with van der Waals surface area (Å²) >= 11 is 0. The lowest BCUT2D eigenvalue weighted by Crippen LogP contribution is -2.14. The van der Waals surface area contributed by atoms with E-state index in [9.17, 15) is 4.79 Å². The number of aryl methyl sites for hydroxylation is 2. The van der Waals surface area contributed by atoms with Crippen molar-refractivity contribution in [1.82, 2.24) is 15.1 Å². The summed E-state index contributed by atoms with van der Waals surface area (Å²) in [7, 11) is 1.96. The van der Waals surface area contributed by atoms with Gasteiger partial charge >= 0.3 is 5.97 Å². The van der Waals surface area contributed by atoms with Crippen LogP contribution in [0.1, 0.15) is 34.1 Å². The summed E-state index contributed by atoms with van der Waals surface area (Å²) in [4.78, 5) is 18.7. The van der Waals surface area contributed by atoms with Crippen molar-refractivity contribution in [2.24, 2.45) is 4.99 Å². The quantitative estimate of drug-likeness (QED) is 0.464. The van der Waals surface area contributed by atoms with Gasteiger partial charge in [0.15, 0.2) is 0 Å². The first-order valence-corrected chi connectivity index (χ1v) is 7.80. The van der Waals surface area contributed by atoms with Gasteiger partial charge in [-0.25, -0.2) is 9.79 Å². The first-order valence-electron chi connectivity index (χ1n) is 7.80. The minimum absolute atomic E-state index is 0.104. The van der Waals surface area contributed by atoms with Crippen molar-refractivity contribution >= 4 is 18.0 Å². The van der Waals surface area contributed by atoms with E-state index in [4.69, 9.17) is 4.74 Å². The van der Waals surface area contributed by atoms with Crippen molar-refractivity contribution in [3.63, 3.8) is 0 Å². The first kappa shape index (κ1) is 17.6. The van der Waals surface area contributed by atoms with Crippen LogP contribution in [0.4, 0.5) is 5.69 Å². The van der Waals surface area contributed by atoms with Crippen LogP contribution in [0.2, 0.25) is 0 Å². The van der Waals surface area contributed by atoms with E-state index >= 15 is 0 Å². The van der Waals surface area contributed by atoms with Gasteiger partial charge in [-0.15, -0.1) is 0 Å². The Hall–Kier alpha value is -2.76. The third kappa shape index (κ3) is 4.62. The molecule has 0 amide bonds. The van der Waals surface area contributed by atoms with Crippen LogP contribution in [0.5, 0.6) is 0 Å². The van der Waals surface area contributed by atoms with Crippen LogP contribution in [0, 0.1) is 13.8 Å². The second-order valence-corrected chi connectivity index (χ2v) is 5.56. The van der Waals surface area contributed by atoms with E-state index < -0.39 is 0 Å². The average Bonchev–Trinajstić information content (AvgIpc) is 2.60. The van der Waals surface area contributed by atoms with E-state index in [2.05, 4.69) is 22.1 Å². The Morgan fingerprint density at radius 3 is 2.79 bits per heavy atom. The fourth-order valence-corrected chi connectivity index (χ4v) is 2.03. The van der Waals surface area contributed by atoms with E-state index in [0.29, 0.717) is 11.3 Å². The van der Waals surface area contributed by atoms with Crippen LogP contribution in [0.15, 0.2) is 35.5 Å². The molecule has 0 bridgehead atoms. The summed E-state index contributed by atoms with van der Waals surface area (Å²) in [6, 6.07) is 7.23. The van der Waals surface area contributed by atoms with Gasteiger partial charge in [0.05, 0.1) is 17.6 Å². The second kappa shape index (κ2) is 8.19. The van der Waals surface area contributed by atoms with Gasteiger partial charge in [-0.1, -0.05) is 0 Å². The molecule has 0 unspecified atom stereocenters. The Morgan fingerprint density at radius 1 is 1.33 bits per heavy atom. The van der Waals surface area contributed by atoms with Crippen molar-refractivity contribution in [3.8, 4) is 0 Å². The van der Waals surface area contributed by atoms with Gasteiger partial charge in [-0.2, -0.15) is 10.2 Å². The van der Waals surface area contributed by atoms with Gasteiger partial charge in [0.1, 0.15) is 12.3 Å². The highest BCUT2D eigenvalue weighted by atomic mass is 16.5. The van der Waals surface area contributed by atoms with Crippen LogP contribution in [-0.2, 0) is 11.3 Å². The molecule has 24 heavy (non-hydrogen) atoms. The van der Waals surface area contributed by atoms with Gasteiger partial charge < -0.3 is 9.64 Å². The van der Waals surface area contributed by atoms with Gasteiger partial charge in [0.25, 0.3) is 0 Å². The molecule has 2 rings (SSSR count). The second-order valence-electron chi connectivity index (χ2n) is 5.56. The standard InChI is InChI=1S/C18H22N4O2/c1-5-22(4)12-19-17-10-13(2)16(9-14(17)3)18(23)24-11-15-7-6-8-20-21-15/h6-10,12H,5,11H2,1-4H3/b19-12+. The summed E-state index contributed by atoms with van der Waals surface area (Å²) in [5, 5.41) is 7.66. The molecule has 0 aliphatic heterocycles. The molecule has 126 valence electrons. The number of nitrogens with zero attached hydrogens (tertiary/aromatic N) is 4. The Kier molecular flexibility index (Phi) is 6.01. The Labute approximate surface area is 142 Å². The molecule has 0 aliphatic rings. The first-order chi connectivity index (χ1) is 11.5. The van der Waals surface area contributed by atoms with Crippen LogP contribution >= 0.6 is 0 Å². The third-order valence-corrected chi connectivity index (χ3v) is 3.63. The van der Waals surface area contributed by atoms with Gasteiger partial charge in [-0.3, -0.25) is 0 Å². The van der Waals surface area contributed by atoms with Crippen molar-refractivity contribution in [1.29, 1.82) is 0 Å². The lowest BCUT2D eigenvalue weighted by Gasteiger charge is -2.11. The summed E-state index contributed by atoms with van der Waals surface area (Å²) in [5.74, 6) is -0.373. The number of hydrogen-bond acceptors (Lipinski definition) is 5. The molecule has 1 aromatic heterocycles. The number of rotatable bonds is 6. The number of benzene rings is 1. The van der Waals surface area contributed by atoms with Gasteiger partial charge in [0, 0.05) is 19.8 Å². The molecule has 0 saturated heterocycles. The van der Waals surface area contributed by atoms with E-state index in [1.54, 1.807) is 24.7 Å². The summed E-state index contributed by atoms with van der Waals surface area (Å²) in [6.45, 7) is 6.85. The normalized spacial score (nSPS) is 10.8. The maximum atomic E-state index is 12.3. The van der Waals surface area contributed by atoms with Gasteiger partial charge in [0.2, 0.25) is 0 Å². The number of esters is 1. The molecule has 0 spiro atoms. The molecule has 0 aliphatic carbocycles. The maximum absolute atomic E-state index is 12.3. The molecule has 1 heterocycles. The monoisotopic (exact) mass is 326 g/mol. The number of aliphatic imine (C=N–C) groups is 1. The predicted octanol–water partition coefficient (Wildman–Crippen LogP) is 3.06. The topological polar surface area (TPSA) is 67.7 Å². The number of hydrogen-bond donors (Lipinski definition) is 0. The van der Waals surface area contributed by atoms with Crippen molar-refractivity contribution in [2.75, 3.05) is 13.6 Å². The van der Waals surface area contributed by atoms with E-state index in [1.807, 2.05) is 37.9 Å². The molecule has 0 radical (unpaired) electrons. The van der Waals surface area contributed by atoms with Crippen molar-refractivity contribution in [2.45, 2.75) is 27.4 Å². The maximum Gasteiger partial charge on any atom is 0.338 e. The summed E-state index contributed by atoms with van der Waals surface area (Å²) < 4.78 is 5.32. The van der Waals surface area contributed by atoms with E-state index in [-0.39, 0.29) is 12.6 Å². The SMILES string of the molecule is CCN(C)/C=N/c1cc(C)c(C(=O)OCc2cccnn2)cc1C. The predicted molar refractivity (Wildman–Crippen MR) is 93.5 cm³/mol. The molecule has 0 N–H and O–H groups in total. The fourth-order valence-electron chi connectivity index (χ4n) is 2.03. The van der Waals surface area contributed by atoms with Crippen molar-refractivity contribution in [3.05, 3.63) is 52.8 Å². The summed E-state index contributed by atoms with van der Waals surface area (Å²) in [6.07, 6.45) is 3.36. The smallest absolute Gasteiger partial charge is 0.338 e. The molecule has 6 heteroatoms. The molecular formula is C18H22N4O2. The van der Waals surface area contributed by atoms with E-state index in [1.165, 1.54) is 0 Å². The lowest BCUT2D eigenvalue weighted by molar-refractivity contribution is 0.0466. The highest BCUT2D eigenvalue weighted by Crippen LogP contribution is 2.24. The van der Waals surface area contributed by atoms with Crippen LogP contribution in [-0.4, -0.2) is 41.0 Å². The summed E-state index contributed by atoms with van der Waals surface area (Å²) in [5.41, 5.74) is 3.75.